The van der Waals surface area contributed by atoms with Crippen molar-refractivity contribution in [3.05, 3.63) is 63.6 Å². The molecule has 3 aliphatic rings. The van der Waals surface area contributed by atoms with Gasteiger partial charge in [0.1, 0.15) is 6.61 Å². The number of fused-ring (bicyclic) bond motifs is 1. The molecule has 0 aliphatic carbocycles. The average molecular weight is 366 g/mol. The van der Waals surface area contributed by atoms with E-state index in [2.05, 4.69) is 0 Å². The van der Waals surface area contributed by atoms with Crippen molar-refractivity contribution in [1.82, 2.24) is 9.47 Å². The van der Waals surface area contributed by atoms with E-state index in [1.165, 1.54) is 6.07 Å². The third-order valence-corrected chi connectivity index (χ3v) is 6.11. The second-order valence-electron chi connectivity index (χ2n) is 7.85. The Balaban J connectivity index is 1.66. The number of amides is 1. The summed E-state index contributed by atoms with van der Waals surface area (Å²) >= 11 is 0. The SMILES string of the molecule is O=C1c2c(OCc3ccccc3)c(=O)cc3n2C2(CCCCN1C2)CC3O. The summed E-state index contributed by atoms with van der Waals surface area (Å²) < 4.78 is 7.83. The summed E-state index contributed by atoms with van der Waals surface area (Å²) in [7, 11) is 0. The number of aliphatic hydroxyl groups excluding tert-OH is 1. The largest absolute Gasteiger partial charge is 0.483 e. The van der Waals surface area contributed by atoms with E-state index in [4.69, 9.17) is 4.74 Å². The molecule has 140 valence electrons. The van der Waals surface area contributed by atoms with Crippen molar-refractivity contribution in [2.24, 2.45) is 0 Å². The van der Waals surface area contributed by atoms with Crippen LogP contribution in [0.3, 0.4) is 0 Å². The predicted molar refractivity (Wildman–Crippen MR) is 98.8 cm³/mol. The van der Waals surface area contributed by atoms with Crippen LogP contribution in [0.25, 0.3) is 0 Å². The van der Waals surface area contributed by atoms with Gasteiger partial charge in [0, 0.05) is 25.6 Å². The van der Waals surface area contributed by atoms with Crippen LogP contribution >= 0.6 is 0 Å². The molecule has 4 heterocycles. The van der Waals surface area contributed by atoms with Gasteiger partial charge in [-0.25, -0.2) is 0 Å². The zero-order chi connectivity index (χ0) is 18.6. The van der Waals surface area contributed by atoms with Gasteiger partial charge in [-0.1, -0.05) is 30.3 Å². The van der Waals surface area contributed by atoms with E-state index in [9.17, 15) is 14.7 Å². The quantitative estimate of drug-likeness (QED) is 0.904. The molecule has 1 saturated heterocycles. The van der Waals surface area contributed by atoms with Crippen LogP contribution in [0.1, 0.15) is 53.5 Å². The maximum atomic E-state index is 13.2. The van der Waals surface area contributed by atoms with E-state index in [0.717, 1.165) is 24.8 Å². The minimum absolute atomic E-state index is 0.109. The molecule has 1 N–H and O–H groups in total. The first-order valence-electron chi connectivity index (χ1n) is 9.54. The number of ether oxygens (including phenoxy) is 1. The van der Waals surface area contributed by atoms with Crippen LogP contribution in [0.15, 0.2) is 41.2 Å². The van der Waals surface area contributed by atoms with Crippen molar-refractivity contribution in [2.75, 3.05) is 13.1 Å². The molecule has 6 heteroatoms. The molecule has 0 saturated carbocycles. The molecule has 5 rings (SSSR count). The Kier molecular flexibility index (Phi) is 3.65. The fourth-order valence-corrected chi connectivity index (χ4v) is 4.93. The Hall–Kier alpha value is -2.60. The van der Waals surface area contributed by atoms with Gasteiger partial charge >= 0.3 is 0 Å². The van der Waals surface area contributed by atoms with Gasteiger partial charge in [0.2, 0.25) is 5.43 Å². The lowest BCUT2D eigenvalue weighted by molar-refractivity contribution is 0.0546. The number of hydrogen-bond donors (Lipinski definition) is 1. The first kappa shape index (κ1) is 16.6. The summed E-state index contributed by atoms with van der Waals surface area (Å²) in [5.41, 5.74) is 1.14. The average Bonchev–Trinajstić information content (AvgIpc) is 2.82. The van der Waals surface area contributed by atoms with E-state index < -0.39 is 6.10 Å². The number of hydrogen-bond acceptors (Lipinski definition) is 4. The summed E-state index contributed by atoms with van der Waals surface area (Å²) in [5.74, 6) is -0.0543. The van der Waals surface area contributed by atoms with Crippen molar-refractivity contribution < 1.29 is 14.6 Å². The van der Waals surface area contributed by atoms with Gasteiger partial charge in [0.25, 0.3) is 5.91 Å². The standard InChI is InChI=1S/C21H22N2O4/c24-16-10-15-17(25)11-21-8-4-5-9-22(13-21)20(26)18(23(15)21)19(16)27-12-14-6-2-1-3-7-14/h1-3,6-7,10,17,25H,4-5,8-9,11-13H2. The molecule has 3 aliphatic heterocycles. The predicted octanol–water partition coefficient (Wildman–Crippen LogP) is 2.20. The minimum atomic E-state index is -0.717. The molecule has 1 spiro atoms. The molecular formula is C21H22N2O4. The number of rotatable bonds is 3. The van der Waals surface area contributed by atoms with Crippen molar-refractivity contribution in [3.63, 3.8) is 0 Å². The Bertz CT molecular complexity index is 968. The molecule has 1 fully saturated rings. The second-order valence-corrected chi connectivity index (χ2v) is 7.85. The lowest BCUT2D eigenvalue weighted by Gasteiger charge is -2.41. The van der Waals surface area contributed by atoms with Gasteiger partial charge in [-0.05, 0) is 24.8 Å². The zero-order valence-electron chi connectivity index (χ0n) is 15.1. The van der Waals surface area contributed by atoms with Gasteiger partial charge in [0.15, 0.2) is 11.4 Å². The number of benzene rings is 1. The van der Waals surface area contributed by atoms with Crippen molar-refractivity contribution in [1.29, 1.82) is 0 Å². The fourth-order valence-electron chi connectivity index (χ4n) is 4.93. The van der Waals surface area contributed by atoms with Crippen LogP contribution < -0.4 is 10.2 Å². The van der Waals surface area contributed by atoms with Crippen LogP contribution in [0, 0.1) is 0 Å². The summed E-state index contributed by atoms with van der Waals surface area (Å²) in [6.07, 6.45) is 2.67. The van der Waals surface area contributed by atoms with Crippen LogP contribution in [0.2, 0.25) is 0 Å². The first-order valence-corrected chi connectivity index (χ1v) is 9.54. The Labute approximate surface area is 157 Å². The third kappa shape index (κ3) is 2.43. The Morgan fingerprint density at radius 2 is 2.00 bits per heavy atom. The van der Waals surface area contributed by atoms with Gasteiger partial charge in [-0.3, -0.25) is 9.59 Å². The van der Waals surface area contributed by atoms with Crippen molar-refractivity contribution >= 4 is 5.91 Å². The molecule has 1 aromatic heterocycles. The normalized spacial score (nSPS) is 25.9. The van der Waals surface area contributed by atoms with Gasteiger partial charge < -0.3 is 19.3 Å². The van der Waals surface area contributed by atoms with Crippen LogP contribution in [-0.4, -0.2) is 33.6 Å². The van der Waals surface area contributed by atoms with E-state index in [0.29, 0.717) is 30.9 Å². The lowest BCUT2D eigenvalue weighted by atomic mass is 9.88. The molecule has 1 amide bonds. The van der Waals surface area contributed by atoms with Crippen LogP contribution in [0.5, 0.6) is 5.75 Å². The van der Waals surface area contributed by atoms with Gasteiger partial charge in [-0.15, -0.1) is 0 Å². The maximum absolute atomic E-state index is 13.2. The maximum Gasteiger partial charge on any atom is 0.274 e. The summed E-state index contributed by atoms with van der Waals surface area (Å²) in [4.78, 5) is 27.8. The topological polar surface area (TPSA) is 71.8 Å². The monoisotopic (exact) mass is 366 g/mol. The van der Waals surface area contributed by atoms with E-state index in [1.54, 1.807) is 0 Å². The number of carbonyl (C=O) groups is 1. The lowest BCUT2D eigenvalue weighted by Crippen LogP contribution is -2.52. The van der Waals surface area contributed by atoms with E-state index >= 15 is 0 Å². The number of aromatic nitrogens is 1. The van der Waals surface area contributed by atoms with Crippen molar-refractivity contribution in [3.8, 4) is 5.75 Å². The Morgan fingerprint density at radius 3 is 2.81 bits per heavy atom. The highest BCUT2D eigenvalue weighted by molar-refractivity contribution is 5.96. The summed E-state index contributed by atoms with van der Waals surface area (Å²) in [6.45, 7) is 1.52. The number of aliphatic hydroxyl groups is 1. The molecule has 2 atom stereocenters. The van der Waals surface area contributed by atoms with Crippen LogP contribution in [-0.2, 0) is 12.1 Å². The molecule has 1 aromatic carbocycles. The number of pyridine rings is 1. The Morgan fingerprint density at radius 1 is 1.19 bits per heavy atom. The second kappa shape index (κ2) is 5.96. The van der Waals surface area contributed by atoms with Gasteiger partial charge in [-0.2, -0.15) is 0 Å². The fraction of sp³-hybridized carbons (Fsp3) is 0.429. The van der Waals surface area contributed by atoms with E-state index in [-0.39, 0.29) is 29.2 Å². The smallest absolute Gasteiger partial charge is 0.274 e. The molecular weight excluding hydrogens is 344 g/mol. The molecule has 2 unspecified atom stereocenters. The highest BCUT2D eigenvalue weighted by atomic mass is 16.5. The molecule has 2 aromatic rings. The number of nitrogens with zero attached hydrogens (tertiary/aromatic N) is 2. The van der Waals surface area contributed by atoms with E-state index in [1.807, 2.05) is 39.8 Å². The minimum Gasteiger partial charge on any atom is -0.483 e. The molecule has 27 heavy (non-hydrogen) atoms. The number of carbonyl (C=O) groups excluding carboxylic acids is 1. The summed E-state index contributed by atoms with van der Waals surface area (Å²) in [6, 6.07) is 11.0. The first-order chi connectivity index (χ1) is 13.1. The third-order valence-electron chi connectivity index (χ3n) is 6.11. The highest BCUT2D eigenvalue weighted by Crippen LogP contribution is 2.48. The van der Waals surface area contributed by atoms with Crippen LogP contribution in [0.4, 0.5) is 0 Å². The van der Waals surface area contributed by atoms with Gasteiger partial charge in [0.05, 0.1) is 17.3 Å². The molecule has 0 radical (unpaired) electrons. The zero-order valence-corrected chi connectivity index (χ0v) is 15.1. The van der Waals surface area contributed by atoms with Crippen molar-refractivity contribution in [2.45, 2.75) is 43.9 Å². The summed E-state index contributed by atoms with van der Waals surface area (Å²) in [5, 5.41) is 10.6. The molecule has 2 bridgehead atoms. The highest BCUT2D eigenvalue weighted by Gasteiger charge is 2.51. The molecule has 6 nitrogen and oxygen atoms in total.